The van der Waals surface area contributed by atoms with Gasteiger partial charge in [0.2, 0.25) is 0 Å². The van der Waals surface area contributed by atoms with Gasteiger partial charge in [0, 0.05) is 4.88 Å². The lowest BCUT2D eigenvalue weighted by atomic mass is 10.1. The van der Waals surface area contributed by atoms with E-state index in [1.807, 2.05) is 41.8 Å². The van der Waals surface area contributed by atoms with Gasteiger partial charge in [-0.25, -0.2) is 0 Å². The Bertz CT molecular complexity index is 423. The van der Waals surface area contributed by atoms with E-state index >= 15 is 0 Å². The molecule has 0 aliphatic carbocycles. The zero-order chi connectivity index (χ0) is 10.7. The second-order valence-electron chi connectivity index (χ2n) is 3.19. The van der Waals surface area contributed by atoms with Gasteiger partial charge in [-0.3, -0.25) is 0 Å². The quantitative estimate of drug-likeness (QED) is 0.861. The van der Waals surface area contributed by atoms with Crippen molar-refractivity contribution in [3.05, 3.63) is 52.2 Å². The summed E-state index contributed by atoms with van der Waals surface area (Å²) in [4.78, 5) is 0.947. The highest BCUT2D eigenvalue weighted by Crippen LogP contribution is 2.27. The number of thiophene rings is 1. The molecule has 78 valence electrons. The van der Waals surface area contributed by atoms with E-state index in [2.05, 4.69) is 0 Å². The largest absolute Gasteiger partial charge is 0.497 e. The molecule has 0 fully saturated rings. The molecular formula is C12H12O2S. The van der Waals surface area contributed by atoms with Crippen molar-refractivity contribution in [1.29, 1.82) is 0 Å². The molecule has 1 aromatic carbocycles. The first-order chi connectivity index (χ1) is 7.31. The second kappa shape index (κ2) is 4.47. The van der Waals surface area contributed by atoms with E-state index in [1.165, 1.54) is 0 Å². The highest BCUT2D eigenvalue weighted by Gasteiger charge is 2.11. The maximum atomic E-state index is 10.1. The van der Waals surface area contributed by atoms with Crippen molar-refractivity contribution >= 4 is 11.3 Å². The summed E-state index contributed by atoms with van der Waals surface area (Å²) in [5, 5.41) is 12.0. The summed E-state index contributed by atoms with van der Waals surface area (Å²) in [5.74, 6) is 0.767. The van der Waals surface area contributed by atoms with Crippen molar-refractivity contribution in [1.82, 2.24) is 0 Å². The van der Waals surface area contributed by atoms with Crippen molar-refractivity contribution in [3.63, 3.8) is 0 Å². The van der Waals surface area contributed by atoms with Crippen molar-refractivity contribution < 1.29 is 9.84 Å². The molecule has 3 heteroatoms. The first-order valence-corrected chi connectivity index (χ1v) is 5.54. The Hall–Kier alpha value is -1.32. The van der Waals surface area contributed by atoms with E-state index in [1.54, 1.807) is 18.4 Å². The lowest BCUT2D eigenvalue weighted by Crippen LogP contribution is -1.97. The van der Waals surface area contributed by atoms with Crippen molar-refractivity contribution in [2.24, 2.45) is 0 Å². The maximum absolute atomic E-state index is 10.1. The first-order valence-electron chi connectivity index (χ1n) is 4.66. The second-order valence-corrected chi connectivity index (χ2v) is 4.17. The monoisotopic (exact) mass is 220 g/mol. The van der Waals surface area contributed by atoms with Crippen LogP contribution in [0.5, 0.6) is 5.75 Å². The maximum Gasteiger partial charge on any atom is 0.119 e. The SMILES string of the molecule is COc1cccc([C@@H](O)c2cccs2)c1. The molecule has 15 heavy (non-hydrogen) atoms. The van der Waals surface area contributed by atoms with E-state index in [4.69, 9.17) is 4.74 Å². The number of ether oxygens (including phenoxy) is 1. The molecule has 2 aromatic rings. The molecule has 0 saturated heterocycles. The third-order valence-corrected chi connectivity index (χ3v) is 3.15. The minimum atomic E-state index is -0.555. The fourth-order valence-corrected chi connectivity index (χ4v) is 2.16. The van der Waals surface area contributed by atoms with Gasteiger partial charge in [0.25, 0.3) is 0 Å². The van der Waals surface area contributed by atoms with Gasteiger partial charge in [-0.1, -0.05) is 18.2 Å². The molecule has 0 spiro atoms. The number of benzene rings is 1. The fourth-order valence-electron chi connectivity index (χ4n) is 1.42. The Morgan fingerprint density at radius 3 is 2.80 bits per heavy atom. The normalized spacial score (nSPS) is 12.4. The Labute approximate surface area is 92.8 Å². The molecular weight excluding hydrogens is 208 g/mol. The number of aliphatic hydroxyl groups is 1. The van der Waals surface area contributed by atoms with Crippen LogP contribution < -0.4 is 4.74 Å². The average Bonchev–Trinajstić information content (AvgIpc) is 2.81. The third-order valence-electron chi connectivity index (χ3n) is 2.22. The topological polar surface area (TPSA) is 29.5 Å². The molecule has 0 bridgehead atoms. The number of aliphatic hydroxyl groups excluding tert-OH is 1. The minimum Gasteiger partial charge on any atom is -0.497 e. The van der Waals surface area contributed by atoms with Gasteiger partial charge >= 0.3 is 0 Å². The fraction of sp³-hybridized carbons (Fsp3) is 0.167. The Kier molecular flexibility index (Phi) is 3.04. The predicted octanol–water partition coefficient (Wildman–Crippen LogP) is 2.84. The van der Waals surface area contributed by atoms with Crippen molar-refractivity contribution in [2.45, 2.75) is 6.10 Å². The van der Waals surface area contributed by atoms with Crippen LogP contribution in [0.1, 0.15) is 16.5 Å². The molecule has 0 aliphatic rings. The molecule has 1 aromatic heterocycles. The standard InChI is InChI=1S/C12H12O2S/c1-14-10-5-2-4-9(8-10)12(13)11-6-3-7-15-11/h2-8,12-13H,1H3/t12-/m1/s1. The highest BCUT2D eigenvalue weighted by atomic mass is 32.1. The smallest absolute Gasteiger partial charge is 0.119 e. The molecule has 2 nitrogen and oxygen atoms in total. The van der Waals surface area contributed by atoms with Crippen LogP contribution >= 0.6 is 11.3 Å². The van der Waals surface area contributed by atoms with Gasteiger partial charge in [0.1, 0.15) is 11.9 Å². The van der Waals surface area contributed by atoms with E-state index in [0.29, 0.717) is 0 Å². The van der Waals surface area contributed by atoms with Crippen LogP contribution in [0.4, 0.5) is 0 Å². The number of hydrogen-bond acceptors (Lipinski definition) is 3. The van der Waals surface area contributed by atoms with E-state index in [-0.39, 0.29) is 0 Å². The van der Waals surface area contributed by atoms with Crippen LogP contribution in [0, 0.1) is 0 Å². The lowest BCUT2D eigenvalue weighted by Gasteiger charge is -2.09. The molecule has 0 unspecified atom stereocenters. The van der Waals surface area contributed by atoms with Crippen LogP contribution in [0.15, 0.2) is 41.8 Å². The van der Waals surface area contributed by atoms with Crippen LogP contribution in [0.2, 0.25) is 0 Å². The first kappa shape index (κ1) is 10.2. The minimum absolute atomic E-state index is 0.555. The van der Waals surface area contributed by atoms with Gasteiger partial charge < -0.3 is 9.84 Å². The van der Waals surface area contributed by atoms with Crippen molar-refractivity contribution in [3.8, 4) is 5.75 Å². The third kappa shape index (κ3) is 2.19. The summed E-state index contributed by atoms with van der Waals surface area (Å²) in [6.07, 6.45) is -0.555. The Balaban J connectivity index is 2.29. The zero-order valence-corrected chi connectivity index (χ0v) is 9.20. The summed E-state index contributed by atoms with van der Waals surface area (Å²) < 4.78 is 5.11. The molecule has 0 radical (unpaired) electrons. The van der Waals surface area contributed by atoms with Gasteiger partial charge in [-0.2, -0.15) is 0 Å². The van der Waals surface area contributed by atoms with Gasteiger partial charge in [-0.05, 0) is 29.1 Å². The summed E-state index contributed by atoms with van der Waals surface area (Å²) in [6, 6.07) is 11.4. The molecule has 1 atom stereocenters. The molecule has 0 amide bonds. The van der Waals surface area contributed by atoms with Crippen LogP contribution in [0.25, 0.3) is 0 Å². The van der Waals surface area contributed by atoms with Crippen LogP contribution in [-0.2, 0) is 0 Å². The van der Waals surface area contributed by atoms with Crippen LogP contribution in [-0.4, -0.2) is 12.2 Å². The van der Waals surface area contributed by atoms with Gasteiger partial charge in [0.05, 0.1) is 7.11 Å². The summed E-state index contributed by atoms with van der Waals surface area (Å²) >= 11 is 1.55. The molecule has 1 heterocycles. The Morgan fingerprint density at radius 2 is 2.13 bits per heavy atom. The highest BCUT2D eigenvalue weighted by molar-refractivity contribution is 7.10. The molecule has 1 N–H and O–H groups in total. The number of hydrogen-bond donors (Lipinski definition) is 1. The lowest BCUT2D eigenvalue weighted by molar-refractivity contribution is 0.223. The molecule has 0 aliphatic heterocycles. The molecule has 2 rings (SSSR count). The molecule has 0 saturated carbocycles. The van der Waals surface area contributed by atoms with Crippen molar-refractivity contribution in [2.75, 3.05) is 7.11 Å². The number of rotatable bonds is 3. The predicted molar refractivity (Wildman–Crippen MR) is 61.4 cm³/mol. The Morgan fingerprint density at radius 1 is 1.27 bits per heavy atom. The van der Waals surface area contributed by atoms with Crippen LogP contribution in [0.3, 0.4) is 0 Å². The van der Waals surface area contributed by atoms with E-state index < -0.39 is 6.10 Å². The van der Waals surface area contributed by atoms with Gasteiger partial charge in [0.15, 0.2) is 0 Å². The van der Waals surface area contributed by atoms with E-state index in [0.717, 1.165) is 16.2 Å². The van der Waals surface area contributed by atoms with Gasteiger partial charge in [-0.15, -0.1) is 11.3 Å². The average molecular weight is 220 g/mol. The van der Waals surface area contributed by atoms with E-state index in [9.17, 15) is 5.11 Å². The summed E-state index contributed by atoms with van der Waals surface area (Å²) in [7, 11) is 1.62. The number of methoxy groups -OCH3 is 1. The summed E-state index contributed by atoms with van der Waals surface area (Å²) in [6.45, 7) is 0. The zero-order valence-electron chi connectivity index (χ0n) is 8.38. The summed E-state index contributed by atoms with van der Waals surface area (Å²) in [5.41, 5.74) is 0.858.